The number of benzene rings is 1. The van der Waals surface area contributed by atoms with Crippen LogP contribution in [0.25, 0.3) is 0 Å². The highest BCUT2D eigenvalue weighted by atomic mass is 19.2. The molecule has 3 rings (SSSR count). The zero-order valence-electron chi connectivity index (χ0n) is 17.2. The number of nitrogens with one attached hydrogen (secondary N) is 2. The van der Waals surface area contributed by atoms with E-state index in [1.54, 1.807) is 6.07 Å². The number of piperidine rings is 1. The number of rotatable bonds is 7. The number of aryl methyl sites for hydroxylation is 1. The summed E-state index contributed by atoms with van der Waals surface area (Å²) >= 11 is 0. The van der Waals surface area contributed by atoms with Crippen molar-refractivity contribution in [2.24, 2.45) is 4.99 Å². The van der Waals surface area contributed by atoms with Crippen molar-refractivity contribution in [1.82, 2.24) is 25.3 Å². The van der Waals surface area contributed by atoms with Crippen molar-refractivity contribution < 1.29 is 8.78 Å². The van der Waals surface area contributed by atoms with Crippen molar-refractivity contribution in [2.45, 2.75) is 45.8 Å². The lowest BCUT2D eigenvalue weighted by Crippen LogP contribution is -2.48. The Hall–Kier alpha value is -2.48. The summed E-state index contributed by atoms with van der Waals surface area (Å²) in [5, 5.41) is 11.1. The number of halogens is 2. The Bertz CT molecular complexity index is 811. The Morgan fingerprint density at radius 3 is 2.69 bits per heavy atom. The molecule has 1 fully saturated rings. The van der Waals surface area contributed by atoms with Crippen LogP contribution in [-0.4, -0.2) is 52.9 Å². The monoisotopic (exact) mass is 404 g/mol. The number of likely N-dealkylation sites (tertiary alicyclic amines) is 1. The summed E-state index contributed by atoms with van der Waals surface area (Å²) in [5.41, 5.74) is 1.95. The second-order valence-electron chi connectivity index (χ2n) is 7.48. The third-order valence-electron chi connectivity index (χ3n) is 5.02. The molecule has 6 nitrogen and oxygen atoms in total. The summed E-state index contributed by atoms with van der Waals surface area (Å²) in [5.74, 6) is -0.749. The van der Waals surface area contributed by atoms with Crippen molar-refractivity contribution in [2.75, 3.05) is 26.2 Å². The lowest BCUT2D eigenvalue weighted by molar-refractivity contribution is 0.198. The lowest BCUT2D eigenvalue weighted by atomic mass is 10.0. The zero-order valence-corrected chi connectivity index (χ0v) is 17.2. The Labute approximate surface area is 171 Å². The summed E-state index contributed by atoms with van der Waals surface area (Å²) in [6.45, 7) is 8.74. The van der Waals surface area contributed by atoms with Crippen LogP contribution in [0.2, 0.25) is 0 Å². The average molecular weight is 405 g/mol. The van der Waals surface area contributed by atoms with E-state index < -0.39 is 11.6 Å². The molecule has 2 aromatic rings. The van der Waals surface area contributed by atoms with Crippen molar-refractivity contribution >= 4 is 5.96 Å². The first-order valence-electron chi connectivity index (χ1n) is 10.2. The highest BCUT2D eigenvalue weighted by molar-refractivity contribution is 5.80. The number of guanidine groups is 1. The highest BCUT2D eigenvalue weighted by Gasteiger charge is 2.20. The van der Waals surface area contributed by atoms with Gasteiger partial charge in [0, 0.05) is 38.4 Å². The van der Waals surface area contributed by atoms with Gasteiger partial charge in [-0.3, -0.25) is 14.6 Å². The van der Waals surface area contributed by atoms with Gasteiger partial charge in [0.25, 0.3) is 0 Å². The van der Waals surface area contributed by atoms with E-state index in [1.807, 2.05) is 24.0 Å². The molecule has 158 valence electrons. The quantitative estimate of drug-likeness (QED) is 0.550. The molecule has 8 heteroatoms. The molecule has 0 spiro atoms. The topological polar surface area (TPSA) is 57.5 Å². The summed E-state index contributed by atoms with van der Waals surface area (Å²) < 4.78 is 28.4. The highest BCUT2D eigenvalue weighted by Crippen LogP contribution is 2.16. The number of hydrogen-bond donors (Lipinski definition) is 2. The molecule has 0 radical (unpaired) electrons. The fourth-order valence-electron chi connectivity index (χ4n) is 3.50. The first-order chi connectivity index (χ1) is 14.0. The maximum atomic E-state index is 13.4. The smallest absolute Gasteiger partial charge is 0.191 e. The summed E-state index contributed by atoms with van der Waals surface area (Å²) in [6, 6.07) is 4.49. The number of aromatic nitrogens is 2. The van der Waals surface area contributed by atoms with Crippen LogP contribution < -0.4 is 10.6 Å². The average Bonchev–Trinajstić information content (AvgIpc) is 3.11. The zero-order chi connectivity index (χ0) is 20.6. The molecule has 0 aliphatic carbocycles. The van der Waals surface area contributed by atoms with Gasteiger partial charge in [0.1, 0.15) is 0 Å². The second kappa shape index (κ2) is 10.3. The fourth-order valence-corrected chi connectivity index (χ4v) is 3.50. The van der Waals surface area contributed by atoms with Crippen LogP contribution in [0, 0.1) is 18.6 Å². The maximum Gasteiger partial charge on any atom is 0.191 e. The van der Waals surface area contributed by atoms with Crippen LogP contribution >= 0.6 is 0 Å². The molecule has 29 heavy (non-hydrogen) atoms. The van der Waals surface area contributed by atoms with Crippen molar-refractivity contribution in [1.29, 1.82) is 0 Å². The standard InChI is InChI=1S/C21H30F2N6/c1-3-24-21(25-8-11-29-14-16(2)13-26-29)27-18-6-9-28(10-7-18)15-17-4-5-19(22)20(23)12-17/h4-5,12-14,18H,3,6-11,15H2,1-2H3,(H2,24,25,27). The first-order valence-corrected chi connectivity index (χ1v) is 10.2. The molecule has 1 aromatic heterocycles. The molecule has 0 amide bonds. The SMILES string of the molecule is CCNC(=NCCn1cc(C)cn1)NC1CCN(Cc2ccc(F)c(F)c2)CC1. The van der Waals surface area contributed by atoms with Crippen molar-refractivity contribution in [3.8, 4) is 0 Å². The van der Waals surface area contributed by atoms with E-state index >= 15 is 0 Å². The second-order valence-corrected chi connectivity index (χ2v) is 7.48. The van der Waals surface area contributed by atoms with Crippen LogP contribution in [0.4, 0.5) is 8.78 Å². The molecular formula is C21H30F2N6. The Morgan fingerprint density at radius 2 is 2.03 bits per heavy atom. The Morgan fingerprint density at radius 1 is 1.24 bits per heavy atom. The van der Waals surface area contributed by atoms with Gasteiger partial charge >= 0.3 is 0 Å². The van der Waals surface area contributed by atoms with Gasteiger partial charge < -0.3 is 10.6 Å². The molecule has 1 aliphatic rings. The van der Waals surface area contributed by atoms with Gasteiger partial charge in [-0.1, -0.05) is 6.07 Å². The fraction of sp³-hybridized carbons (Fsp3) is 0.524. The number of aliphatic imine (C=N–C) groups is 1. The molecular weight excluding hydrogens is 374 g/mol. The minimum Gasteiger partial charge on any atom is -0.357 e. The Kier molecular flexibility index (Phi) is 7.57. The van der Waals surface area contributed by atoms with Crippen molar-refractivity contribution in [3.05, 3.63) is 53.4 Å². The van der Waals surface area contributed by atoms with Gasteiger partial charge in [-0.05, 0) is 49.9 Å². The van der Waals surface area contributed by atoms with Gasteiger partial charge in [-0.2, -0.15) is 5.10 Å². The van der Waals surface area contributed by atoms with Crippen LogP contribution in [0.3, 0.4) is 0 Å². The summed E-state index contributed by atoms with van der Waals surface area (Å²) in [4.78, 5) is 6.93. The van der Waals surface area contributed by atoms with E-state index in [4.69, 9.17) is 0 Å². The molecule has 1 saturated heterocycles. The molecule has 2 N–H and O–H groups in total. The molecule has 0 atom stereocenters. The van der Waals surface area contributed by atoms with Crippen LogP contribution in [0.15, 0.2) is 35.6 Å². The van der Waals surface area contributed by atoms with E-state index in [1.165, 1.54) is 12.1 Å². The van der Waals surface area contributed by atoms with Crippen LogP contribution in [0.1, 0.15) is 30.9 Å². The van der Waals surface area contributed by atoms with E-state index in [9.17, 15) is 8.78 Å². The molecule has 1 aliphatic heterocycles. The third-order valence-corrected chi connectivity index (χ3v) is 5.02. The molecule has 0 unspecified atom stereocenters. The Balaban J connectivity index is 1.45. The molecule has 2 heterocycles. The predicted molar refractivity (Wildman–Crippen MR) is 111 cm³/mol. The predicted octanol–water partition coefficient (Wildman–Crippen LogP) is 2.69. The first kappa shape index (κ1) is 21.2. The van der Waals surface area contributed by atoms with Crippen molar-refractivity contribution in [3.63, 3.8) is 0 Å². The minimum absolute atomic E-state index is 0.348. The molecule has 1 aromatic carbocycles. The van der Waals surface area contributed by atoms with Gasteiger partial charge in [-0.25, -0.2) is 8.78 Å². The van der Waals surface area contributed by atoms with E-state index in [0.717, 1.165) is 56.1 Å². The van der Waals surface area contributed by atoms with Gasteiger partial charge in [0.2, 0.25) is 0 Å². The largest absolute Gasteiger partial charge is 0.357 e. The summed E-state index contributed by atoms with van der Waals surface area (Å²) in [6.07, 6.45) is 5.82. The maximum absolute atomic E-state index is 13.4. The number of nitrogens with zero attached hydrogens (tertiary/aromatic N) is 4. The molecule has 0 saturated carbocycles. The van der Waals surface area contributed by atoms with E-state index in [-0.39, 0.29) is 0 Å². The van der Waals surface area contributed by atoms with E-state index in [0.29, 0.717) is 19.1 Å². The number of hydrogen-bond acceptors (Lipinski definition) is 3. The van der Waals surface area contributed by atoms with Gasteiger partial charge in [0.15, 0.2) is 17.6 Å². The van der Waals surface area contributed by atoms with E-state index in [2.05, 4.69) is 32.5 Å². The van der Waals surface area contributed by atoms with Gasteiger partial charge in [0.05, 0.1) is 19.3 Å². The third kappa shape index (κ3) is 6.52. The van der Waals surface area contributed by atoms with Crippen LogP contribution in [-0.2, 0) is 13.1 Å². The molecule has 0 bridgehead atoms. The normalized spacial score (nSPS) is 16.2. The summed E-state index contributed by atoms with van der Waals surface area (Å²) in [7, 11) is 0. The lowest BCUT2D eigenvalue weighted by Gasteiger charge is -2.33. The van der Waals surface area contributed by atoms with Gasteiger partial charge in [-0.15, -0.1) is 0 Å². The van der Waals surface area contributed by atoms with Crippen LogP contribution in [0.5, 0.6) is 0 Å². The minimum atomic E-state index is -0.797.